The zero-order chi connectivity index (χ0) is 11.7. The predicted octanol–water partition coefficient (Wildman–Crippen LogP) is 1.30. The van der Waals surface area contributed by atoms with Crippen molar-refractivity contribution in [1.29, 1.82) is 0 Å². The zero-order valence-corrected chi connectivity index (χ0v) is 8.58. The van der Waals surface area contributed by atoms with Crippen molar-refractivity contribution in [3.63, 3.8) is 0 Å². The lowest BCUT2D eigenvalue weighted by Crippen LogP contribution is -2.00. The van der Waals surface area contributed by atoms with Gasteiger partial charge in [-0.15, -0.1) is 0 Å². The van der Waals surface area contributed by atoms with Gasteiger partial charge in [0, 0.05) is 11.6 Å². The number of pyridine rings is 1. The molecule has 17 heavy (non-hydrogen) atoms. The first-order valence-corrected chi connectivity index (χ1v) is 4.89. The molecule has 1 N–H and O–H groups in total. The Labute approximate surface area is 94.5 Å². The van der Waals surface area contributed by atoms with Gasteiger partial charge in [-0.05, 0) is 17.3 Å². The van der Waals surface area contributed by atoms with Crippen LogP contribution in [0.2, 0.25) is 0 Å². The second-order valence-corrected chi connectivity index (χ2v) is 3.34. The van der Waals surface area contributed by atoms with E-state index in [-0.39, 0.29) is 12.2 Å². The third-order valence-corrected chi connectivity index (χ3v) is 2.35. The average Bonchev–Trinajstić information content (AvgIpc) is 2.79. The van der Waals surface area contributed by atoms with Crippen molar-refractivity contribution in [3.8, 4) is 0 Å². The van der Waals surface area contributed by atoms with Gasteiger partial charge in [0.1, 0.15) is 5.52 Å². The Morgan fingerprint density at radius 2 is 2.35 bits per heavy atom. The van der Waals surface area contributed by atoms with Gasteiger partial charge in [0.15, 0.2) is 5.58 Å². The third-order valence-electron chi connectivity index (χ3n) is 2.35. The number of H-pyrrole nitrogens is 1. The second-order valence-electron chi connectivity index (χ2n) is 3.34. The molecule has 6 heteroatoms. The lowest BCUT2D eigenvalue weighted by molar-refractivity contribution is -0.129. The number of oxazole rings is 1. The highest BCUT2D eigenvalue weighted by molar-refractivity contribution is 5.99. The number of hydrogen-bond acceptors (Lipinski definition) is 5. The van der Waals surface area contributed by atoms with Gasteiger partial charge in [0.25, 0.3) is 0 Å². The maximum Gasteiger partial charge on any atom is 0.357 e. The van der Waals surface area contributed by atoms with Gasteiger partial charge in [0.2, 0.25) is 0 Å². The van der Waals surface area contributed by atoms with Crippen LogP contribution in [0.5, 0.6) is 0 Å². The number of carbonyl (C=O) groups is 1. The molecule has 0 fully saturated rings. The van der Waals surface area contributed by atoms with Crippen LogP contribution in [0.3, 0.4) is 0 Å². The molecule has 0 atom stereocenters. The quantitative estimate of drug-likeness (QED) is 0.408. The molecular weight excluding hydrogens is 222 g/mol. The van der Waals surface area contributed by atoms with Crippen LogP contribution in [-0.2, 0) is 9.63 Å². The minimum atomic E-state index is 0.0110. The van der Waals surface area contributed by atoms with Gasteiger partial charge in [-0.2, -0.15) is 4.98 Å². The molecule has 0 aliphatic rings. The largest absolute Gasteiger partial charge is 0.418 e. The van der Waals surface area contributed by atoms with Crippen LogP contribution in [0.1, 0.15) is 0 Å². The number of carbonyl (C=O) groups excluding carboxylic acids is 1. The summed E-state index contributed by atoms with van der Waals surface area (Å²) in [5, 5.41) is 4.41. The van der Waals surface area contributed by atoms with Crippen molar-refractivity contribution in [2.75, 3.05) is 0 Å². The van der Waals surface area contributed by atoms with E-state index < -0.39 is 0 Å². The molecule has 1 aromatic carbocycles. The Hall–Kier alpha value is -2.63. The van der Waals surface area contributed by atoms with Gasteiger partial charge in [-0.1, -0.05) is 12.1 Å². The molecule has 0 bridgehead atoms. The molecule has 2 aromatic heterocycles. The minimum absolute atomic E-state index is 0.0110. The molecule has 6 nitrogen and oxygen atoms in total. The van der Waals surface area contributed by atoms with Crippen molar-refractivity contribution in [3.05, 3.63) is 36.1 Å². The zero-order valence-electron chi connectivity index (χ0n) is 8.58. The van der Waals surface area contributed by atoms with Crippen LogP contribution in [0.25, 0.3) is 22.0 Å². The molecule has 0 aliphatic heterocycles. The van der Waals surface area contributed by atoms with Crippen LogP contribution in [0.15, 0.2) is 40.0 Å². The Morgan fingerprint density at radius 1 is 1.41 bits per heavy atom. The summed E-state index contributed by atoms with van der Waals surface area (Å²) in [6, 6.07) is 7.58. The number of aromatic nitrogens is 2. The molecule has 0 aliphatic carbocycles. The summed E-state index contributed by atoms with van der Waals surface area (Å²) in [6.07, 6.45) is 1.79. The molecule has 84 valence electrons. The molecule has 0 spiro atoms. The van der Waals surface area contributed by atoms with Gasteiger partial charge < -0.3 is 14.2 Å². The van der Waals surface area contributed by atoms with E-state index >= 15 is 0 Å². The summed E-state index contributed by atoms with van der Waals surface area (Å²) in [4.78, 5) is 21.4. The number of benzene rings is 1. The van der Waals surface area contributed by atoms with Crippen molar-refractivity contribution in [2.45, 2.75) is 0 Å². The van der Waals surface area contributed by atoms with Gasteiger partial charge in [-0.3, -0.25) is 4.79 Å². The molecule has 3 aromatic rings. The number of nitrogens with zero attached hydrogens (tertiary/aromatic N) is 2. The van der Waals surface area contributed by atoms with Crippen LogP contribution < -0.4 is 5.68 Å². The maximum atomic E-state index is 10.0. The van der Waals surface area contributed by atoms with Crippen molar-refractivity contribution >= 4 is 28.5 Å². The summed E-state index contributed by atoms with van der Waals surface area (Å²) in [7, 11) is 0. The number of rotatable bonds is 2. The lowest BCUT2D eigenvalue weighted by atomic mass is 10.2. The van der Waals surface area contributed by atoms with E-state index in [0.717, 1.165) is 10.9 Å². The van der Waals surface area contributed by atoms with Crippen LogP contribution in [-0.4, -0.2) is 16.4 Å². The standard InChI is InChI=1S/C11H7N3O3/c15-6-16-14-11-13-8-4-3-7-2-1-5-12-9(7)10(8)17-11/h1-6,12H. The molecule has 0 saturated carbocycles. The first-order chi connectivity index (χ1) is 8.38. The molecule has 3 rings (SSSR count). The van der Waals surface area contributed by atoms with Gasteiger partial charge >= 0.3 is 12.2 Å². The normalized spacial score (nSPS) is 12.1. The number of hydrogen-bond donors (Lipinski definition) is 1. The molecule has 2 heterocycles. The van der Waals surface area contributed by atoms with Crippen LogP contribution in [0.4, 0.5) is 0 Å². The highest BCUT2D eigenvalue weighted by Gasteiger charge is 2.06. The molecule has 0 unspecified atom stereocenters. The Balaban J connectivity index is 2.35. The Bertz CT molecular complexity index is 757. The van der Waals surface area contributed by atoms with E-state index in [4.69, 9.17) is 4.42 Å². The van der Waals surface area contributed by atoms with Crippen LogP contribution >= 0.6 is 0 Å². The topological polar surface area (TPSA) is 80.5 Å². The van der Waals surface area contributed by atoms with Crippen molar-refractivity contribution in [2.24, 2.45) is 5.16 Å². The average molecular weight is 229 g/mol. The monoisotopic (exact) mass is 229 g/mol. The van der Waals surface area contributed by atoms with Crippen molar-refractivity contribution < 1.29 is 14.0 Å². The fourth-order valence-electron chi connectivity index (χ4n) is 1.67. The van der Waals surface area contributed by atoms with Crippen molar-refractivity contribution in [1.82, 2.24) is 9.97 Å². The van der Waals surface area contributed by atoms with E-state index in [0.29, 0.717) is 11.1 Å². The number of aromatic amines is 1. The summed E-state index contributed by atoms with van der Waals surface area (Å²) in [6.45, 7) is 0.207. The van der Waals surface area contributed by atoms with E-state index in [9.17, 15) is 4.79 Å². The van der Waals surface area contributed by atoms with Gasteiger partial charge in [-0.25, -0.2) is 0 Å². The second kappa shape index (κ2) is 3.75. The SMILES string of the molecule is O=CON=c1nc2ccc3ccc[nH]c3c2o1. The Morgan fingerprint density at radius 3 is 3.24 bits per heavy atom. The number of fused-ring (bicyclic) bond motifs is 3. The van der Waals surface area contributed by atoms with E-state index in [1.807, 2.05) is 24.3 Å². The third kappa shape index (κ3) is 1.55. The molecule has 0 amide bonds. The van der Waals surface area contributed by atoms with Gasteiger partial charge in [0.05, 0.1) is 5.52 Å². The maximum absolute atomic E-state index is 10.0. The van der Waals surface area contributed by atoms with E-state index in [2.05, 4.69) is 20.0 Å². The highest BCUT2D eigenvalue weighted by Crippen LogP contribution is 2.20. The fraction of sp³-hybridized carbons (Fsp3) is 0. The summed E-state index contributed by atoms with van der Waals surface area (Å²) in [5.41, 5.74) is 2.06. The summed E-state index contributed by atoms with van der Waals surface area (Å²) < 4.78 is 5.39. The summed E-state index contributed by atoms with van der Waals surface area (Å²) in [5.74, 6) is 0. The van der Waals surface area contributed by atoms with E-state index in [1.54, 1.807) is 6.20 Å². The summed E-state index contributed by atoms with van der Waals surface area (Å²) >= 11 is 0. The molecule has 0 radical (unpaired) electrons. The molecular formula is C11H7N3O3. The van der Waals surface area contributed by atoms with Crippen LogP contribution in [0, 0.1) is 0 Å². The Kier molecular flexibility index (Phi) is 2.11. The molecule has 0 saturated heterocycles. The number of nitrogens with one attached hydrogen (secondary N) is 1. The smallest absolute Gasteiger partial charge is 0.357 e. The first-order valence-electron chi connectivity index (χ1n) is 4.89. The predicted molar refractivity (Wildman–Crippen MR) is 58.6 cm³/mol. The van der Waals surface area contributed by atoms with E-state index in [1.165, 1.54) is 0 Å². The minimum Gasteiger partial charge on any atom is -0.418 e. The lowest BCUT2D eigenvalue weighted by Gasteiger charge is -1.96. The first kappa shape index (κ1) is 9.59. The fourth-order valence-corrected chi connectivity index (χ4v) is 1.67. The highest BCUT2D eigenvalue weighted by atomic mass is 16.7.